The second kappa shape index (κ2) is 17.0. The fourth-order valence-corrected chi connectivity index (χ4v) is 6.52. The van der Waals surface area contributed by atoms with Crippen molar-refractivity contribution in [1.29, 1.82) is 0 Å². The highest BCUT2D eigenvalue weighted by atomic mass is 16.5. The standard InChI is InChI=1S/C40H53N5O6/c1-26(46)41-34-23-31(40(34,5)6)36(48)42-32(22-27-14-10-8-11-15-27)33(47)25-45(44-37(49)35(39(2,3)4)43-38(50)51-7)24-28-18-20-30(21-19-28)29-16-12-9-13-17-29/h8-21,31-35,47H,22-25H2,1-7H3,(H,41,46)(H,42,48)(H,43,50)(H,44,49)/t31-,32+,33+,34-,35-/m1/s1. The van der Waals surface area contributed by atoms with Gasteiger partial charge in [-0.1, -0.05) is 120 Å². The minimum atomic E-state index is -1.12. The number of hydrogen-bond donors (Lipinski definition) is 5. The molecule has 1 saturated carbocycles. The Hall–Kier alpha value is -4.74. The zero-order valence-corrected chi connectivity index (χ0v) is 30.7. The van der Waals surface area contributed by atoms with E-state index in [4.69, 9.17) is 4.74 Å². The first-order valence-corrected chi connectivity index (χ1v) is 17.4. The van der Waals surface area contributed by atoms with Crippen molar-refractivity contribution in [2.24, 2.45) is 16.7 Å². The maximum atomic E-state index is 13.8. The van der Waals surface area contributed by atoms with E-state index in [-0.39, 0.29) is 36.9 Å². The highest BCUT2D eigenvalue weighted by Crippen LogP contribution is 2.46. The third-order valence-electron chi connectivity index (χ3n) is 9.74. The number of hydrazine groups is 1. The number of aliphatic hydroxyl groups excluding tert-OH is 1. The van der Waals surface area contributed by atoms with Gasteiger partial charge in [0.15, 0.2) is 0 Å². The van der Waals surface area contributed by atoms with Gasteiger partial charge in [0.05, 0.1) is 19.3 Å². The van der Waals surface area contributed by atoms with Gasteiger partial charge in [-0.2, -0.15) is 0 Å². The van der Waals surface area contributed by atoms with Crippen molar-refractivity contribution < 1.29 is 29.0 Å². The van der Waals surface area contributed by atoms with Crippen LogP contribution in [-0.2, 0) is 32.1 Å². The number of carbonyl (C=O) groups is 4. The molecule has 274 valence electrons. The molecule has 4 amide bonds. The maximum absolute atomic E-state index is 13.8. The van der Waals surface area contributed by atoms with Crippen molar-refractivity contribution in [2.75, 3.05) is 13.7 Å². The third-order valence-corrected chi connectivity index (χ3v) is 9.74. The van der Waals surface area contributed by atoms with Gasteiger partial charge >= 0.3 is 6.09 Å². The number of methoxy groups -OCH3 is 1. The van der Waals surface area contributed by atoms with E-state index in [9.17, 15) is 24.3 Å². The fraction of sp³-hybridized carbons (Fsp3) is 0.450. The number of alkyl carbamates (subject to hydrolysis) is 1. The van der Waals surface area contributed by atoms with Crippen LogP contribution in [0.15, 0.2) is 84.9 Å². The monoisotopic (exact) mass is 699 g/mol. The smallest absolute Gasteiger partial charge is 0.407 e. The molecule has 1 aliphatic rings. The molecule has 0 spiro atoms. The van der Waals surface area contributed by atoms with E-state index in [1.165, 1.54) is 14.0 Å². The van der Waals surface area contributed by atoms with Gasteiger partial charge in [-0.3, -0.25) is 19.8 Å². The second-order valence-corrected chi connectivity index (χ2v) is 15.1. The number of carbonyl (C=O) groups excluding carboxylic acids is 4. The van der Waals surface area contributed by atoms with E-state index < -0.39 is 41.0 Å². The van der Waals surface area contributed by atoms with Crippen LogP contribution in [0.5, 0.6) is 0 Å². The van der Waals surface area contributed by atoms with Gasteiger partial charge in [0.1, 0.15) is 6.04 Å². The average molecular weight is 700 g/mol. The van der Waals surface area contributed by atoms with Crippen molar-refractivity contribution in [1.82, 2.24) is 26.4 Å². The SMILES string of the molecule is COC(=O)N[C@H](C(=O)NN(Cc1ccc(-c2ccccc2)cc1)C[C@H](O)[C@H](Cc1ccccc1)NC(=O)[C@H]1C[C@@H](NC(C)=O)C1(C)C)C(C)(C)C. The first-order chi connectivity index (χ1) is 24.1. The molecule has 1 aliphatic carbocycles. The molecule has 5 atom stereocenters. The molecule has 51 heavy (non-hydrogen) atoms. The summed E-state index contributed by atoms with van der Waals surface area (Å²) in [4.78, 5) is 51.5. The summed E-state index contributed by atoms with van der Waals surface area (Å²) in [7, 11) is 1.24. The molecule has 0 unspecified atom stereocenters. The van der Waals surface area contributed by atoms with Gasteiger partial charge in [-0.15, -0.1) is 0 Å². The zero-order chi connectivity index (χ0) is 37.3. The van der Waals surface area contributed by atoms with Crippen molar-refractivity contribution in [3.05, 3.63) is 96.1 Å². The molecule has 4 rings (SSSR count). The molecule has 0 radical (unpaired) electrons. The minimum Gasteiger partial charge on any atom is -0.453 e. The quantitative estimate of drug-likeness (QED) is 0.155. The molecule has 1 fully saturated rings. The molecule has 5 N–H and O–H groups in total. The molecular formula is C40H53N5O6. The predicted molar refractivity (Wildman–Crippen MR) is 197 cm³/mol. The van der Waals surface area contributed by atoms with E-state index in [1.54, 1.807) is 5.01 Å². The summed E-state index contributed by atoms with van der Waals surface area (Å²) in [6.07, 6.45) is -1.01. The Morgan fingerprint density at radius 3 is 2.02 bits per heavy atom. The first kappa shape index (κ1) is 39.1. The Morgan fingerprint density at radius 1 is 0.882 bits per heavy atom. The largest absolute Gasteiger partial charge is 0.453 e. The van der Waals surface area contributed by atoms with Gasteiger partial charge in [0.25, 0.3) is 5.91 Å². The van der Waals surface area contributed by atoms with Crippen LogP contribution in [0.2, 0.25) is 0 Å². The van der Waals surface area contributed by atoms with E-state index >= 15 is 0 Å². The molecule has 3 aromatic carbocycles. The lowest BCUT2D eigenvalue weighted by Gasteiger charge is -2.51. The number of rotatable bonds is 14. The van der Waals surface area contributed by atoms with Gasteiger partial charge in [-0.05, 0) is 45.9 Å². The number of hydrogen-bond acceptors (Lipinski definition) is 7. The Labute approximate surface area is 301 Å². The van der Waals surface area contributed by atoms with Gasteiger partial charge in [0, 0.05) is 32.0 Å². The van der Waals surface area contributed by atoms with Crippen molar-refractivity contribution in [2.45, 2.75) is 85.2 Å². The summed E-state index contributed by atoms with van der Waals surface area (Å²) in [5.74, 6) is -1.19. The Balaban J connectivity index is 1.59. The zero-order valence-electron chi connectivity index (χ0n) is 30.7. The van der Waals surface area contributed by atoms with Crippen molar-refractivity contribution in [3.8, 4) is 11.1 Å². The van der Waals surface area contributed by atoms with Gasteiger partial charge in [0.2, 0.25) is 11.8 Å². The molecule has 0 aromatic heterocycles. The normalized spacial score (nSPS) is 18.4. The fourth-order valence-electron chi connectivity index (χ4n) is 6.52. The Bertz CT molecular complexity index is 1620. The second-order valence-electron chi connectivity index (χ2n) is 15.1. The number of nitrogens with zero attached hydrogens (tertiary/aromatic N) is 1. The summed E-state index contributed by atoms with van der Waals surface area (Å²) in [5.41, 5.74) is 5.71. The molecule has 3 aromatic rings. The van der Waals surface area contributed by atoms with Crippen LogP contribution in [0.4, 0.5) is 4.79 Å². The van der Waals surface area contributed by atoms with E-state index in [1.807, 2.05) is 120 Å². The highest BCUT2D eigenvalue weighted by Gasteiger charge is 2.52. The van der Waals surface area contributed by atoms with Gasteiger partial charge < -0.3 is 25.8 Å². The number of aliphatic hydroxyl groups is 1. The van der Waals surface area contributed by atoms with Crippen LogP contribution in [0.25, 0.3) is 11.1 Å². The van der Waals surface area contributed by atoms with E-state index in [2.05, 4.69) is 21.4 Å². The number of nitrogens with one attached hydrogen (secondary N) is 4. The van der Waals surface area contributed by atoms with Crippen LogP contribution >= 0.6 is 0 Å². The van der Waals surface area contributed by atoms with Crippen LogP contribution in [0, 0.1) is 16.7 Å². The summed E-state index contributed by atoms with van der Waals surface area (Å²) in [6.45, 7) is 11.1. The molecule has 11 nitrogen and oxygen atoms in total. The van der Waals surface area contributed by atoms with Crippen LogP contribution in [-0.4, -0.2) is 71.8 Å². The van der Waals surface area contributed by atoms with Crippen molar-refractivity contribution >= 4 is 23.8 Å². The van der Waals surface area contributed by atoms with E-state index in [0.29, 0.717) is 12.8 Å². The Morgan fingerprint density at radius 2 is 1.47 bits per heavy atom. The molecule has 0 saturated heterocycles. The molecular weight excluding hydrogens is 646 g/mol. The first-order valence-electron chi connectivity index (χ1n) is 17.4. The summed E-state index contributed by atoms with van der Waals surface area (Å²) < 4.78 is 4.79. The lowest BCUT2D eigenvalue weighted by atomic mass is 9.58. The van der Waals surface area contributed by atoms with E-state index in [0.717, 1.165) is 22.3 Å². The lowest BCUT2D eigenvalue weighted by Crippen LogP contribution is -2.64. The lowest BCUT2D eigenvalue weighted by molar-refractivity contribution is -0.142. The average Bonchev–Trinajstić information content (AvgIpc) is 3.08. The van der Waals surface area contributed by atoms with Crippen molar-refractivity contribution in [3.63, 3.8) is 0 Å². The summed E-state index contributed by atoms with van der Waals surface area (Å²) >= 11 is 0. The maximum Gasteiger partial charge on any atom is 0.407 e. The minimum absolute atomic E-state index is 0.0401. The summed E-state index contributed by atoms with van der Waals surface area (Å²) in [5, 5.41) is 22.2. The molecule has 0 bridgehead atoms. The number of benzene rings is 3. The van der Waals surface area contributed by atoms with Crippen LogP contribution in [0.1, 0.15) is 59.1 Å². The molecule has 0 heterocycles. The number of ether oxygens (including phenoxy) is 1. The Kier molecular flexibility index (Phi) is 13.0. The summed E-state index contributed by atoms with van der Waals surface area (Å²) in [6, 6.07) is 25.7. The van der Waals surface area contributed by atoms with Crippen LogP contribution in [0.3, 0.4) is 0 Å². The molecule has 11 heteroatoms. The topological polar surface area (TPSA) is 149 Å². The molecule has 0 aliphatic heterocycles. The highest BCUT2D eigenvalue weighted by molar-refractivity contribution is 5.86. The third kappa shape index (κ3) is 10.6. The van der Waals surface area contributed by atoms with Crippen LogP contribution < -0.4 is 21.4 Å². The predicted octanol–water partition coefficient (Wildman–Crippen LogP) is 4.60. The van der Waals surface area contributed by atoms with Gasteiger partial charge in [-0.25, -0.2) is 9.80 Å². The number of amides is 4.